The summed E-state index contributed by atoms with van der Waals surface area (Å²) in [5.41, 5.74) is 5.12. The first-order valence-corrected chi connectivity index (χ1v) is 11.5. The van der Waals surface area contributed by atoms with Gasteiger partial charge in [-0.1, -0.05) is 44.4 Å². The number of aliphatic hydroxyl groups is 1. The lowest BCUT2D eigenvalue weighted by atomic mass is 9.79. The first-order chi connectivity index (χ1) is 13.8. The van der Waals surface area contributed by atoms with Crippen LogP contribution in [0.5, 0.6) is 0 Å². The number of halogens is 1. The summed E-state index contributed by atoms with van der Waals surface area (Å²) in [6.45, 7) is 9.44. The third-order valence-electron chi connectivity index (χ3n) is 6.92. The summed E-state index contributed by atoms with van der Waals surface area (Å²) in [6.07, 6.45) is 6.94. The molecule has 1 fully saturated rings. The lowest BCUT2D eigenvalue weighted by Gasteiger charge is -2.37. The summed E-state index contributed by atoms with van der Waals surface area (Å²) in [5, 5.41) is 17.6. The highest BCUT2D eigenvalue weighted by molar-refractivity contribution is 6.33. The lowest BCUT2D eigenvalue weighted by molar-refractivity contribution is 0.00777. The molecule has 2 aliphatic rings. The van der Waals surface area contributed by atoms with Crippen LogP contribution in [0.4, 0.5) is 11.5 Å². The number of hydrogen-bond acceptors (Lipinski definition) is 3. The molecule has 0 atom stereocenters. The summed E-state index contributed by atoms with van der Waals surface area (Å²) in [7, 11) is 2.00. The van der Waals surface area contributed by atoms with E-state index in [1.54, 1.807) is 0 Å². The Labute approximate surface area is 179 Å². The normalized spacial score (nSPS) is 17.7. The van der Waals surface area contributed by atoms with Crippen LogP contribution in [-0.2, 0) is 18.1 Å². The lowest BCUT2D eigenvalue weighted by Crippen LogP contribution is -2.35. The van der Waals surface area contributed by atoms with Gasteiger partial charge in [-0.15, -0.1) is 0 Å². The molecule has 0 bridgehead atoms. The molecule has 2 aromatic rings. The van der Waals surface area contributed by atoms with Gasteiger partial charge in [0.25, 0.3) is 0 Å². The number of aromatic nitrogens is 2. The Morgan fingerprint density at radius 2 is 1.79 bits per heavy atom. The van der Waals surface area contributed by atoms with E-state index in [2.05, 4.69) is 38.7 Å². The van der Waals surface area contributed by atoms with Crippen molar-refractivity contribution in [2.45, 2.75) is 83.7 Å². The van der Waals surface area contributed by atoms with Crippen molar-refractivity contribution in [2.75, 3.05) is 11.4 Å². The summed E-state index contributed by atoms with van der Waals surface area (Å²) >= 11 is 6.73. The Kier molecular flexibility index (Phi) is 5.23. The zero-order valence-corrected chi connectivity index (χ0v) is 19.2. The van der Waals surface area contributed by atoms with Gasteiger partial charge in [0.2, 0.25) is 0 Å². The van der Waals surface area contributed by atoms with Gasteiger partial charge >= 0.3 is 0 Å². The molecule has 0 unspecified atom stereocenters. The van der Waals surface area contributed by atoms with Crippen LogP contribution in [0.15, 0.2) is 12.1 Å². The first kappa shape index (κ1) is 20.7. The predicted octanol–water partition coefficient (Wildman–Crippen LogP) is 6.05. The first-order valence-electron chi connectivity index (χ1n) is 11.1. The molecule has 4 nitrogen and oxygen atoms in total. The van der Waals surface area contributed by atoms with Crippen molar-refractivity contribution in [3.05, 3.63) is 39.5 Å². The summed E-state index contributed by atoms with van der Waals surface area (Å²) in [4.78, 5) is 2.30. The van der Waals surface area contributed by atoms with E-state index in [9.17, 15) is 5.11 Å². The van der Waals surface area contributed by atoms with Crippen LogP contribution in [0.3, 0.4) is 0 Å². The minimum atomic E-state index is -0.816. The van der Waals surface area contributed by atoms with E-state index < -0.39 is 5.60 Å². The average molecular weight is 416 g/mol. The van der Waals surface area contributed by atoms with Gasteiger partial charge in [0.05, 0.1) is 16.4 Å². The van der Waals surface area contributed by atoms with Crippen molar-refractivity contribution < 1.29 is 5.11 Å². The van der Waals surface area contributed by atoms with Gasteiger partial charge in [0, 0.05) is 24.6 Å². The van der Waals surface area contributed by atoms with Crippen LogP contribution in [0.1, 0.15) is 81.2 Å². The molecule has 0 amide bonds. The van der Waals surface area contributed by atoms with Gasteiger partial charge in [0.15, 0.2) is 5.82 Å². The molecule has 4 rings (SSSR count). The Morgan fingerprint density at radius 1 is 1.14 bits per heavy atom. The number of benzene rings is 1. The highest BCUT2D eigenvalue weighted by Crippen LogP contribution is 2.60. The van der Waals surface area contributed by atoms with Crippen LogP contribution in [0, 0.1) is 13.8 Å². The molecule has 1 saturated carbocycles. The highest BCUT2D eigenvalue weighted by atomic mass is 35.5. The van der Waals surface area contributed by atoms with E-state index in [-0.39, 0.29) is 5.41 Å². The molecular weight excluding hydrogens is 382 g/mol. The quantitative estimate of drug-likeness (QED) is 0.624. The molecule has 1 spiro atoms. The van der Waals surface area contributed by atoms with Crippen molar-refractivity contribution >= 4 is 23.1 Å². The maximum Gasteiger partial charge on any atom is 0.159 e. The van der Waals surface area contributed by atoms with Gasteiger partial charge < -0.3 is 10.0 Å². The second-order valence-electron chi connectivity index (χ2n) is 9.30. The van der Waals surface area contributed by atoms with E-state index in [1.165, 1.54) is 29.5 Å². The van der Waals surface area contributed by atoms with E-state index in [1.807, 2.05) is 17.8 Å². The van der Waals surface area contributed by atoms with Gasteiger partial charge in [-0.25, -0.2) is 0 Å². The molecule has 1 aromatic carbocycles. The van der Waals surface area contributed by atoms with Gasteiger partial charge in [-0.05, 0) is 63.1 Å². The second kappa shape index (κ2) is 7.31. The zero-order chi connectivity index (χ0) is 21.0. The fraction of sp³-hybridized carbons (Fsp3) is 0.625. The van der Waals surface area contributed by atoms with Gasteiger partial charge in [-0.3, -0.25) is 4.68 Å². The second-order valence-corrected chi connectivity index (χ2v) is 9.70. The van der Waals surface area contributed by atoms with Gasteiger partial charge in [-0.2, -0.15) is 5.10 Å². The Morgan fingerprint density at radius 3 is 2.34 bits per heavy atom. The van der Waals surface area contributed by atoms with E-state index in [0.29, 0.717) is 0 Å². The smallest absolute Gasteiger partial charge is 0.159 e. The summed E-state index contributed by atoms with van der Waals surface area (Å²) < 4.78 is 1.96. The van der Waals surface area contributed by atoms with Crippen LogP contribution < -0.4 is 4.90 Å². The molecule has 0 radical (unpaired) electrons. The summed E-state index contributed by atoms with van der Waals surface area (Å²) in [5.74, 6) is 1.01. The van der Waals surface area contributed by atoms with Crippen molar-refractivity contribution in [3.8, 4) is 0 Å². The van der Waals surface area contributed by atoms with Crippen LogP contribution in [-0.4, -0.2) is 21.4 Å². The average Bonchev–Trinajstić information content (AvgIpc) is 3.30. The zero-order valence-electron chi connectivity index (χ0n) is 18.5. The largest absolute Gasteiger partial charge is 0.384 e. The minimum absolute atomic E-state index is 0.190. The van der Waals surface area contributed by atoms with Crippen molar-refractivity contribution in [3.63, 3.8) is 0 Å². The topological polar surface area (TPSA) is 41.3 Å². The summed E-state index contributed by atoms with van der Waals surface area (Å²) in [6, 6.07) is 4.23. The third-order valence-corrected chi connectivity index (χ3v) is 7.21. The number of aryl methyl sites for hydroxylation is 3. The molecule has 1 N–H and O–H groups in total. The van der Waals surface area contributed by atoms with E-state index in [0.717, 1.165) is 60.9 Å². The van der Waals surface area contributed by atoms with Crippen LogP contribution >= 0.6 is 11.6 Å². The third kappa shape index (κ3) is 3.29. The fourth-order valence-corrected chi connectivity index (χ4v) is 6.01. The molecule has 158 valence electrons. The van der Waals surface area contributed by atoms with Crippen LogP contribution in [0.25, 0.3) is 0 Å². The maximum atomic E-state index is 11.8. The molecule has 1 aliphatic carbocycles. The van der Waals surface area contributed by atoms with Crippen molar-refractivity contribution in [2.24, 2.45) is 7.05 Å². The number of rotatable bonds is 6. The number of fused-ring (bicyclic) bond motifs is 2. The van der Waals surface area contributed by atoms with E-state index in [4.69, 9.17) is 16.7 Å². The Balaban J connectivity index is 1.91. The minimum Gasteiger partial charge on any atom is -0.384 e. The molecule has 2 heterocycles. The molecule has 29 heavy (non-hydrogen) atoms. The fourth-order valence-electron chi connectivity index (χ4n) is 5.59. The molecule has 0 saturated heterocycles. The Hall–Kier alpha value is -1.52. The molecule has 1 aliphatic heterocycles. The van der Waals surface area contributed by atoms with Crippen molar-refractivity contribution in [1.29, 1.82) is 0 Å². The monoisotopic (exact) mass is 415 g/mol. The molecule has 1 aromatic heterocycles. The molecular formula is C24H34ClN3O. The Bertz CT molecular complexity index is 899. The van der Waals surface area contributed by atoms with Crippen molar-refractivity contribution in [1.82, 2.24) is 9.78 Å². The number of nitrogens with zero attached hydrogens (tertiary/aromatic N) is 3. The van der Waals surface area contributed by atoms with Crippen LogP contribution in [0.2, 0.25) is 5.02 Å². The number of anilines is 2. The SMILES string of the molecule is CCCC(O)(CCC)c1c2c(nn1C)N(c1c(C)cc(C)cc1Cl)CCC21CC1. The molecule has 5 heteroatoms. The predicted molar refractivity (Wildman–Crippen MR) is 120 cm³/mol. The standard InChI is InChI=1S/C24H34ClN3O/c1-6-8-24(29,9-7-2)21-19-22(26-27(21)5)28(13-12-23(19)10-11-23)20-17(4)14-16(3)15-18(20)25/h14-15,29H,6-13H2,1-5H3. The highest BCUT2D eigenvalue weighted by Gasteiger charge is 2.54. The van der Waals surface area contributed by atoms with Gasteiger partial charge in [0.1, 0.15) is 5.60 Å². The van der Waals surface area contributed by atoms with E-state index >= 15 is 0 Å². The maximum absolute atomic E-state index is 11.8. The number of hydrogen-bond donors (Lipinski definition) is 1.